The van der Waals surface area contributed by atoms with Crippen molar-refractivity contribution in [1.29, 1.82) is 0 Å². The van der Waals surface area contributed by atoms with Crippen LogP contribution in [-0.2, 0) is 25.3 Å². The summed E-state index contributed by atoms with van der Waals surface area (Å²) in [5.74, 6) is -5.84. The average Bonchev–Trinajstić information content (AvgIpc) is 3.49. The highest BCUT2D eigenvalue weighted by molar-refractivity contribution is 5.97. The van der Waals surface area contributed by atoms with E-state index in [0.29, 0.717) is 41.9 Å². The number of aliphatic carboxylic acids is 1. The molecular formula is C30H29F5N6O5. The Morgan fingerprint density at radius 2 is 1.76 bits per heavy atom. The van der Waals surface area contributed by atoms with Crippen LogP contribution >= 0.6 is 0 Å². The minimum atomic E-state index is -4.63. The van der Waals surface area contributed by atoms with E-state index < -0.39 is 58.6 Å². The third-order valence-corrected chi connectivity index (χ3v) is 8.34. The Morgan fingerprint density at radius 1 is 1.09 bits per heavy atom. The molecule has 1 aliphatic rings. The number of piperidine rings is 1. The highest BCUT2D eigenvalue weighted by Crippen LogP contribution is 2.36. The monoisotopic (exact) mass is 648 g/mol. The average molecular weight is 649 g/mol. The lowest BCUT2D eigenvalue weighted by molar-refractivity contribution is -0.152. The van der Waals surface area contributed by atoms with Gasteiger partial charge in [0.15, 0.2) is 0 Å². The molecule has 11 nitrogen and oxygen atoms in total. The molecule has 0 bridgehead atoms. The normalized spacial score (nSPS) is 16.1. The van der Waals surface area contributed by atoms with Gasteiger partial charge in [-0.2, -0.15) is 13.2 Å². The number of pyridine rings is 1. The van der Waals surface area contributed by atoms with Gasteiger partial charge in [-0.05, 0) is 50.5 Å². The van der Waals surface area contributed by atoms with Crippen molar-refractivity contribution in [3.05, 3.63) is 86.1 Å². The zero-order valence-electron chi connectivity index (χ0n) is 24.9. The minimum Gasteiger partial charge on any atom is -0.480 e. The first-order valence-electron chi connectivity index (χ1n) is 14.2. The number of carboxylic acids is 1. The second-order valence-electron chi connectivity index (χ2n) is 11.1. The van der Waals surface area contributed by atoms with Crippen molar-refractivity contribution in [2.45, 2.75) is 50.9 Å². The number of carboxylic acid groups (broad SMARTS) is 1. The van der Waals surface area contributed by atoms with Gasteiger partial charge in [-0.15, -0.1) is 0 Å². The van der Waals surface area contributed by atoms with Crippen molar-refractivity contribution in [2.24, 2.45) is 14.1 Å². The Hall–Kier alpha value is -5.02. The number of hydrogen-bond donors (Lipinski definition) is 2. The summed E-state index contributed by atoms with van der Waals surface area (Å²) in [4.78, 5) is 55.7. The summed E-state index contributed by atoms with van der Waals surface area (Å²) < 4.78 is 74.7. The largest absolute Gasteiger partial charge is 0.480 e. The lowest BCUT2D eigenvalue weighted by Gasteiger charge is -2.38. The van der Waals surface area contributed by atoms with E-state index in [-0.39, 0.29) is 36.3 Å². The Labute approximate surface area is 257 Å². The topological polar surface area (TPSA) is 131 Å². The van der Waals surface area contributed by atoms with Crippen LogP contribution in [0.3, 0.4) is 0 Å². The van der Waals surface area contributed by atoms with Gasteiger partial charge in [0.2, 0.25) is 0 Å². The number of benzene rings is 1. The van der Waals surface area contributed by atoms with Crippen LogP contribution in [-0.4, -0.2) is 60.3 Å². The number of carbonyl (C=O) groups is 2. The summed E-state index contributed by atoms with van der Waals surface area (Å²) >= 11 is 0. The number of halogens is 5. The summed E-state index contributed by atoms with van der Waals surface area (Å²) in [6, 6.07) is 0.630. The van der Waals surface area contributed by atoms with Crippen molar-refractivity contribution in [1.82, 2.24) is 23.8 Å². The van der Waals surface area contributed by atoms with E-state index in [2.05, 4.69) is 10.3 Å². The first kappa shape index (κ1) is 32.4. The van der Waals surface area contributed by atoms with Gasteiger partial charge in [0.25, 0.3) is 11.5 Å². The van der Waals surface area contributed by atoms with Crippen LogP contribution in [0.5, 0.6) is 0 Å². The van der Waals surface area contributed by atoms with Gasteiger partial charge < -0.3 is 24.3 Å². The molecule has 3 aromatic heterocycles. The lowest BCUT2D eigenvalue weighted by atomic mass is 10.00. The first-order chi connectivity index (χ1) is 21.6. The SMILES string of the molecule is Cc1c(-c2ccc(CC(NC(=O)c3c(F)cc(N4CCCCC4C(F)(F)F)cc3F)C(=O)O)n3ccnc23)c(=O)n(C)c(=O)n1C. The smallest absolute Gasteiger partial charge is 0.408 e. The zero-order valence-corrected chi connectivity index (χ0v) is 24.9. The van der Waals surface area contributed by atoms with Gasteiger partial charge in [0.05, 0.1) is 5.56 Å². The molecule has 5 rings (SSSR count). The van der Waals surface area contributed by atoms with Crippen molar-refractivity contribution in [3.8, 4) is 11.1 Å². The van der Waals surface area contributed by atoms with Crippen LogP contribution in [0.4, 0.5) is 27.6 Å². The number of alkyl halides is 3. The van der Waals surface area contributed by atoms with Gasteiger partial charge in [-0.3, -0.25) is 14.2 Å². The molecule has 2 unspecified atom stereocenters. The number of nitrogens with zero attached hydrogens (tertiary/aromatic N) is 5. The molecule has 1 fully saturated rings. The van der Waals surface area contributed by atoms with E-state index in [9.17, 15) is 37.5 Å². The van der Waals surface area contributed by atoms with Gasteiger partial charge in [0, 0.05) is 62.1 Å². The maximum atomic E-state index is 15.1. The van der Waals surface area contributed by atoms with E-state index in [1.807, 2.05) is 0 Å². The fraction of sp³-hybridized carbons (Fsp3) is 0.367. The highest BCUT2D eigenvalue weighted by atomic mass is 19.4. The molecule has 4 heterocycles. The fourth-order valence-corrected chi connectivity index (χ4v) is 5.85. The van der Waals surface area contributed by atoms with E-state index in [4.69, 9.17) is 0 Å². The number of imidazole rings is 1. The summed E-state index contributed by atoms with van der Waals surface area (Å²) in [5.41, 5.74) is -1.17. The summed E-state index contributed by atoms with van der Waals surface area (Å²) in [7, 11) is 2.83. The Kier molecular flexibility index (Phi) is 8.49. The molecule has 2 atom stereocenters. The molecule has 2 N–H and O–H groups in total. The van der Waals surface area contributed by atoms with E-state index in [1.165, 1.54) is 47.6 Å². The van der Waals surface area contributed by atoms with Crippen LogP contribution in [0.1, 0.15) is 41.0 Å². The van der Waals surface area contributed by atoms with Crippen LogP contribution in [0.2, 0.25) is 0 Å². The first-order valence-corrected chi connectivity index (χ1v) is 14.2. The predicted molar refractivity (Wildman–Crippen MR) is 156 cm³/mol. The van der Waals surface area contributed by atoms with Crippen molar-refractivity contribution in [3.63, 3.8) is 0 Å². The molecule has 0 spiro atoms. The Balaban J connectivity index is 1.44. The molecule has 244 valence electrons. The number of carbonyl (C=O) groups excluding carboxylic acids is 1. The quantitative estimate of drug-likeness (QED) is 0.294. The molecule has 0 radical (unpaired) electrons. The van der Waals surface area contributed by atoms with E-state index in [1.54, 1.807) is 6.92 Å². The third kappa shape index (κ3) is 5.74. The number of hydrogen-bond acceptors (Lipinski definition) is 6. The maximum absolute atomic E-state index is 15.1. The summed E-state index contributed by atoms with van der Waals surface area (Å²) in [5, 5.41) is 12.0. The fourth-order valence-electron chi connectivity index (χ4n) is 5.85. The molecule has 1 aromatic carbocycles. The summed E-state index contributed by atoms with van der Waals surface area (Å²) in [6.07, 6.45) is -1.71. The van der Waals surface area contributed by atoms with Gasteiger partial charge in [-0.1, -0.05) is 0 Å². The molecule has 46 heavy (non-hydrogen) atoms. The third-order valence-electron chi connectivity index (χ3n) is 8.34. The number of fused-ring (bicyclic) bond motifs is 1. The molecule has 16 heteroatoms. The van der Waals surface area contributed by atoms with E-state index in [0.717, 1.165) is 9.47 Å². The molecular weight excluding hydrogens is 619 g/mol. The predicted octanol–water partition coefficient (Wildman–Crippen LogP) is 3.33. The number of anilines is 1. The van der Waals surface area contributed by atoms with Crippen LogP contribution in [0.15, 0.2) is 46.2 Å². The molecule has 4 aromatic rings. The van der Waals surface area contributed by atoms with Crippen molar-refractivity contribution >= 4 is 23.2 Å². The molecule has 1 saturated heterocycles. The lowest BCUT2D eigenvalue weighted by Crippen LogP contribution is -2.49. The second kappa shape index (κ2) is 12.1. The van der Waals surface area contributed by atoms with Crippen molar-refractivity contribution < 1.29 is 36.6 Å². The van der Waals surface area contributed by atoms with Crippen LogP contribution in [0, 0.1) is 18.6 Å². The maximum Gasteiger partial charge on any atom is 0.408 e. The van der Waals surface area contributed by atoms with E-state index >= 15 is 8.78 Å². The second-order valence-corrected chi connectivity index (χ2v) is 11.1. The summed E-state index contributed by atoms with van der Waals surface area (Å²) in [6.45, 7) is 1.50. The van der Waals surface area contributed by atoms with Gasteiger partial charge in [-0.25, -0.2) is 23.4 Å². The molecule has 0 saturated carbocycles. The van der Waals surface area contributed by atoms with Crippen LogP contribution < -0.4 is 21.5 Å². The number of aromatic nitrogens is 4. The molecule has 1 aliphatic heterocycles. The number of nitrogens with one attached hydrogen (secondary N) is 1. The van der Waals surface area contributed by atoms with Gasteiger partial charge in [0.1, 0.15) is 34.9 Å². The molecule has 0 aliphatic carbocycles. The minimum absolute atomic E-state index is 0.0895. The van der Waals surface area contributed by atoms with Crippen molar-refractivity contribution in [2.75, 3.05) is 11.4 Å². The number of rotatable bonds is 7. The highest BCUT2D eigenvalue weighted by Gasteiger charge is 2.45. The van der Waals surface area contributed by atoms with Gasteiger partial charge >= 0.3 is 17.8 Å². The molecule has 1 amide bonds. The zero-order chi connectivity index (χ0) is 33.7. The number of amides is 1. The Morgan fingerprint density at radius 3 is 2.39 bits per heavy atom. The van der Waals surface area contributed by atoms with Crippen LogP contribution in [0.25, 0.3) is 16.8 Å². The standard InChI is InChI=1S/C30H29F5N6O5/c1-15-23(27(43)39(3)29(46)38(15)2)18-8-7-16(41-11-9-36-25(18)41)14-21(28(44)45)37-26(42)24-19(31)12-17(13-20(24)32)40-10-5-4-6-22(40)30(33,34)35/h7-9,11-13,21-22H,4-6,10,14H2,1-3H3,(H,37,42)(H,44,45). The Bertz CT molecular complexity index is 1960.